The molecule has 0 fully saturated rings. The topological polar surface area (TPSA) is 125 Å². The number of carbonyl (C=O) groups is 2. The van der Waals surface area contributed by atoms with Crippen LogP contribution in [0.1, 0.15) is 27.2 Å². The molecule has 0 aliphatic heterocycles. The predicted molar refractivity (Wildman–Crippen MR) is 86.8 cm³/mol. The molecule has 0 saturated heterocycles. The van der Waals surface area contributed by atoms with Gasteiger partial charge in [-0.05, 0) is 45.0 Å². The van der Waals surface area contributed by atoms with E-state index >= 15 is 0 Å². The standard InChI is InChI=1S/C15H22N2O6S/c1-15(2,3)23-14(19)12(9-13(16)18)17-24(20,21)11-7-5-10(22-4)6-8-11/h5-8,12,17H,9H2,1-4H3,(H2,16,18)/t12-/m0/s1. The van der Waals surface area contributed by atoms with Crippen molar-refractivity contribution < 1.29 is 27.5 Å². The van der Waals surface area contributed by atoms with Crippen LogP contribution in [0.4, 0.5) is 0 Å². The number of carbonyl (C=O) groups excluding carboxylic acids is 2. The van der Waals surface area contributed by atoms with Crippen molar-refractivity contribution in [2.75, 3.05) is 7.11 Å². The SMILES string of the molecule is COc1ccc(S(=O)(=O)N[C@@H](CC(N)=O)C(=O)OC(C)(C)C)cc1. The number of sulfonamides is 1. The van der Waals surface area contributed by atoms with Gasteiger partial charge in [0.15, 0.2) is 0 Å². The van der Waals surface area contributed by atoms with Gasteiger partial charge >= 0.3 is 5.97 Å². The van der Waals surface area contributed by atoms with E-state index in [-0.39, 0.29) is 4.90 Å². The Balaban J connectivity index is 3.02. The number of esters is 1. The fourth-order valence-corrected chi connectivity index (χ4v) is 2.94. The number of ether oxygens (including phenoxy) is 2. The Kier molecular flexibility index (Phi) is 6.33. The predicted octanol–water partition coefficient (Wildman–Crippen LogP) is 0.559. The molecule has 1 atom stereocenters. The minimum absolute atomic E-state index is 0.0821. The van der Waals surface area contributed by atoms with Gasteiger partial charge in [0.25, 0.3) is 0 Å². The second kappa shape index (κ2) is 7.63. The number of hydrogen-bond donors (Lipinski definition) is 2. The van der Waals surface area contributed by atoms with Gasteiger partial charge in [0.05, 0.1) is 18.4 Å². The van der Waals surface area contributed by atoms with Gasteiger partial charge in [0.2, 0.25) is 15.9 Å². The van der Waals surface area contributed by atoms with E-state index in [1.807, 2.05) is 0 Å². The maximum Gasteiger partial charge on any atom is 0.325 e. The second-order valence-corrected chi connectivity index (χ2v) is 7.77. The van der Waals surface area contributed by atoms with Crippen molar-refractivity contribution in [1.82, 2.24) is 4.72 Å². The third-order valence-electron chi connectivity index (χ3n) is 2.76. The highest BCUT2D eigenvalue weighted by Crippen LogP contribution is 2.17. The van der Waals surface area contributed by atoms with Crippen LogP contribution in [0.3, 0.4) is 0 Å². The molecule has 24 heavy (non-hydrogen) atoms. The zero-order valence-corrected chi connectivity index (χ0v) is 14.8. The summed E-state index contributed by atoms with van der Waals surface area (Å²) in [5.41, 5.74) is 4.26. The molecule has 0 bridgehead atoms. The van der Waals surface area contributed by atoms with Gasteiger partial charge in [0, 0.05) is 0 Å². The number of rotatable bonds is 7. The number of methoxy groups -OCH3 is 1. The molecule has 1 rings (SSSR count). The number of benzene rings is 1. The van der Waals surface area contributed by atoms with Crippen LogP contribution in [0.2, 0.25) is 0 Å². The van der Waals surface area contributed by atoms with Crippen molar-refractivity contribution >= 4 is 21.9 Å². The zero-order valence-electron chi connectivity index (χ0n) is 14.0. The van der Waals surface area contributed by atoms with Crippen molar-refractivity contribution in [3.05, 3.63) is 24.3 Å². The number of hydrogen-bond acceptors (Lipinski definition) is 6. The molecule has 0 radical (unpaired) electrons. The normalized spacial score (nSPS) is 13.2. The Morgan fingerprint density at radius 3 is 2.17 bits per heavy atom. The van der Waals surface area contributed by atoms with Gasteiger partial charge in [-0.2, -0.15) is 4.72 Å². The zero-order chi connectivity index (χ0) is 18.5. The van der Waals surface area contributed by atoms with Crippen LogP contribution < -0.4 is 15.2 Å². The molecule has 9 heteroatoms. The third kappa shape index (κ3) is 6.17. The summed E-state index contributed by atoms with van der Waals surface area (Å²) < 4.78 is 37.0. The van der Waals surface area contributed by atoms with Crippen LogP contribution in [0.15, 0.2) is 29.2 Å². The van der Waals surface area contributed by atoms with Crippen LogP contribution >= 0.6 is 0 Å². The van der Waals surface area contributed by atoms with Crippen molar-refractivity contribution in [3.8, 4) is 5.75 Å². The Labute approximate surface area is 141 Å². The Morgan fingerprint density at radius 1 is 1.21 bits per heavy atom. The van der Waals surface area contributed by atoms with Crippen LogP contribution in [-0.2, 0) is 24.3 Å². The fraction of sp³-hybridized carbons (Fsp3) is 0.467. The molecule has 1 aromatic carbocycles. The highest BCUT2D eigenvalue weighted by atomic mass is 32.2. The smallest absolute Gasteiger partial charge is 0.325 e. The number of nitrogens with one attached hydrogen (secondary N) is 1. The molecule has 3 N–H and O–H groups in total. The Morgan fingerprint density at radius 2 is 1.75 bits per heavy atom. The molecule has 0 spiro atoms. The molecule has 1 aromatic rings. The average molecular weight is 358 g/mol. The van der Waals surface area contributed by atoms with E-state index in [1.165, 1.54) is 31.4 Å². The number of primary amides is 1. The largest absolute Gasteiger partial charge is 0.497 e. The summed E-state index contributed by atoms with van der Waals surface area (Å²) >= 11 is 0. The third-order valence-corrected chi connectivity index (χ3v) is 4.25. The van der Waals surface area contributed by atoms with E-state index in [9.17, 15) is 18.0 Å². The molecule has 134 valence electrons. The van der Waals surface area contributed by atoms with Gasteiger partial charge in [-0.15, -0.1) is 0 Å². The molecule has 8 nitrogen and oxygen atoms in total. The molecule has 0 unspecified atom stereocenters. The summed E-state index contributed by atoms with van der Waals surface area (Å²) in [5, 5.41) is 0. The van der Waals surface area contributed by atoms with Crippen molar-refractivity contribution in [1.29, 1.82) is 0 Å². The first-order valence-electron chi connectivity index (χ1n) is 7.12. The lowest BCUT2D eigenvalue weighted by molar-refractivity contribution is -0.157. The van der Waals surface area contributed by atoms with E-state index in [2.05, 4.69) is 4.72 Å². The lowest BCUT2D eigenvalue weighted by Gasteiger charge is -2.24. The van der Waals surface area contributed by atoms with E-state index < -0.39 is 40.0 Å². The highest BCUT2D eigenvalue weighted by Gasteiger charge is 2.31. The summed E-state index contributed by atoms with van der Waals surface area (Å²) in [4.78, 5) is 23.2. The quantitative estimate of drug-likeness (QED) is 0.686. The maximum absolute atomic E-state index is 12.4. The number of nitrogens with two attached hydrogens (primary N) is 1. The van der Waals surface area contributed by atoms with Crippen molar-refractivity contribution in [2.24, 2.45) is 5.73 Å². The Bertz CT molecular complexity index is 692. The van der Waals surface area contributed by atoms with E-state index in [0.717, 1.165) is 0 Å². The fourth-order valence-electron chi connectivity index (χ4n) is 1.76. The molecule has 0 aliphatic rings. The summed E-state index contributed by atoms with van der Waals surface area (Å²) in [6.07, 6.45) is -0.510. The van der Waals surface area contributed by atoms with Gasteiger partial charge in [-0.3, -0.25) is 9.59 Å². The van der Waals surface area contributed by atoms with E-state index in [4.69, 9.17) is 15.2 Å². The van der Waals surface area contributed by atoms with Crippen molar-refractivity contribution in [3.63, 3.8) is 0 Å². The molecular weight excluding hydrogens is 336 g/mol. The average Bonchev–Trinajstić information content (AvgIpc) is 2.44. The molecular formula is C15H22N2O6S. The first kappa shape index (κ1) is 19.9. The summed E-state index contributed by atoms with van der Waals surface area (Å²) in [5.74, 6) is -1.23. The van der Waals surface area contributed by atoms with Gasteiger partial charge in [0.1, 0.15) is 17.4 Å². The van der Waals surface area contributed by atoms with E-state index in [0.29, 0.717) is 5.75 Å². The molecule has 0 aliphatic carbocycles. The molecule has 0 aromatic heterocycles. The molecule has 1 amide bonds. The minimum atomic E-state index is -4.04. The van der Waals surface area contributed by atoms with Gasteiger partial charge in [-0.25, -0.2) is 8.42 Å². The first-order valence-corrected chi connectivity index (χ1v) is 8.60. The van der Waals surface area contributed by atoms with E-state index in [1.54, 1.807) is 20.8 Å². The summed E-state index contributed by atoms with van der Waals surface area (Å²) in [7, 11) is -2.59. The maximum atomic E-state index is 12.4. The minimum Gasteiger partial charge on any atom is -0.497 e. The monoisotopic (exact) mass is 358 g/mol. The molecule has 0 heterocycles. The highest BCUT2D eigenvalue weighted by molar-refractivity contribution is 7.89. The summed E-state index contributed by atoms with van der Waals surface area (Å²) in [6, 6.07) is 4.15. The summed E-state index contributed by atoms with van der Waals surface area (Å²) in [6.45, 7) is 4.89. The van der Waals surface area contributed by atoms with Crippen LogP contribution in [0, 0.1) is 0 Å². The van der Waals surface area contributed by atoms with Gasteiger partial charge in [-0.1, -0.05) is 0 Å². The number of amides is 1. The lowest BCUT2D eigenvalue weighted by Crippen LogP contribution is -2.46. The van der Waals surface area contributed by atoms with Crippen LogP contribution in [-0.4, -0.2) is 39.0 Å². The van der Waals surface area contributed by atoms with Crippen LogP contribution in [0.25, 0.3) is 0 Å². The lowest BCUT2D eigenvalue weighted by atomic mass is 10.1. The van der Waals surface area contributed by atoms with Crippen molar-refractivity contribution in [2.45, 2.75) is 43.7 Å². The first-order chi connectivity index (χ1) is 10.9. The molecule has 0 saturated carbocycles. The van der Waals surface area contributed by atoms with Gasteiger partial charge < -0.3 is 15.2 Å². The Hall–Kier alpha value is -2.13. The van der Waals surface area contributed by atoms with Crippen LogP contribution in [0.5, 0.6) is 5.75 Å². The second-order valence-electron chi connectivity index (χ2n) is 6.05.